The molecule has 2 rings (SSSR count). The van der Waals surface area contributed by atoms with E-state index in [1.54, 1.807) is 29.2 Å². The highest BCUT2D eigenvalue weighted by Gasteiger charge is 2.31. The summed E-state index contributed by atoms with van der Waals surface area (Å²) >= 11 is 0. The summed E-state index contributed by atoms with van der Waals surface area (Å²) in [7, 11) is 0. The maximum Gasteiger partial charge on any atom is 0.240 e. The minimum absolute atomic E-state index is 0.00231. The number of nitrogens with two attached hydrogens (primary N) is 1. The molecule has 0 aromatic heterocycles. The van der Waals surface area contributed by atoms with Crippen molar-refractivity contribution in [3.05, 3.63) is 29.8 Å². The number of phenols is 1. The van der Waals surface area contributed by atoms with Crippen LogP contribution in [0.3, 0.4) is 0 Å². The van der Waals surface area contributed by atoms with E-state index in [1.807, 2.05) is 0 Å². The van der Waals surface area contributed by atoms with Gasteiger partial charge in [0.2, 0.25) is 5.91 Å². The topological polar surface area (TPSA) is 86.8 Å². The molecule has 1 aromatic rings. The van der Waals surface area contributed by atoms with Gasteiger partial charge in [-0.1, -0.05) is 12.1 Å². The number of carbonyl (C=O) groups excluding carboxylic acids is 1. The largest absolute Gasteiger partial charge is 0.508 e. The summed E-state index contributed by atoms with van der Waals surface area (Å²) in [6, 6.07) is 6.00. The van der Waals surface area contributed by atoms with Gasteiger partial charge in [-0.15, -0.1) is 0 Å². The van der Waals surface area contributed by atoms with Crippen LogP contribution in [0.5, 0.6) is 5.75 Å². The van der Waals surface area contributed by atoms with E-state index in [2.05, 4.69) is 0 Å². The lowest BCUT2D eigenvalue weighted by Crippen LogP contribution is -2.47. The van der Waals surface area contributed by atoms with Crippen LogP contribution >= 0.6 is 0 Å². The van der Waals surface area contributed by atoms with E-state index in [0.29, 0.717) is 13.0 Å². The first kappa shape index (κ1) is 13.8. The number of aliphatic hydroxyl groups excluding tert-OH is 1. The average molecular weight is 264 g/mol. The van der Waals surface area contributed by atoms with Crippen molar-refractivity contribution in [3.63, 3.8) is 0 Å². The highest BCUT2D eigenvalue weighted by Crippen LogP contribution is 2.18. The van der Waals surface area contributed by atoms with Gasteiger partial charge >= 0.3 is 0 Å². The van der Waals surface area contributed by atoms with Crippen LogP contribution in [0, 0.1) is 0 Å². The SMILES string of the molecule is N[C@H](Cc1ccc(O)cc1)C(=O)N1CCC[C@H]1CO. The van der Waals surface area contributed by atoms with Crippen molar-refractivity contribution >= 4 is 5.91 Å². The highest BCUT2D eigenvalue weighted by molar-refractivity contribution is 5.82. The molecular weight excluding hydrogens is 244 g/mol. The summed E-state index contributed by atoms with van der Waals surface area (Å²) in [5.74, 6) is 0.0909. The minimum atomic E-state index is -0.600. The van der Waals surface area contributed by atoms with Gasteiger partial charge in [-0.3, -0.25) is 4.79 Å². The lowest BCUT2D eigenvalue weighted by atomic mass is 10.1. The molecule has 4 N–H and O–H groups in total. The Morgan fingerprint density at radius 1 is 1.42 bits per heavy atom. The minimum Gasteiger partial charge on any atom is -0.508 e. The molecule has 1 amide bonds. The molecule has 2 atom stereocenters. The van der Waals surface area contributed by atoms with Crippen molar-refractivity contribution in [1.29, 1.82) is 0 Å². The van der Waals surface area contributed by atoms with Crippen molar-refractivity contribution in [2.24, 2.45) is 5.73 Å². The second-order valence-corrected chi connectivity index (χ2v) is 4.99. The first-order valence-corrected chi connectivity index (χ1v) is 6.56. The van der Waals surface area contributed by atoms with Crippen molar-refractivity contribution in [2.75, 3.05) is 13.2 Å². The standard InChI is InChI=1S/C14H20N2O3/c15-13(8-10-3-5-12(18)6-4-10)14(19)16-7-1-2-11(16)9-17/h3-6,11,13,17-18H,1-2,7-9,15H2/t11-,13+/m0/s1. The summed E-state index contributed by atoms with van der Waals surface area (Å²) in [6.07, 6.45) is 2.20. The van der Waals surface area contributed by atoms with Crippen LogP contribution in [0.25, 0.3) is 0 Å². The first-order valence-electron chi connectivity index (χ1n) is 6.56. The third kappa shape index (κ3) is 3.24. The first-order chi connectivity index (χ1) is 9.11. The Labute approximate surface area is 112 Å². The quantitative estimate of drug-likeness (QED) is 0.727. The van der Waals surface area contributed by atoms with Crippen LogP contribution in [0.4, 0.5) is 0 Å². The molecule has 104 valence electrons. The Morgan fingerprint density at radius 3 is 2.74 bits per heavy atom. The van der Waals surface area contributed by atoms with Crippen LogP contribution in [-0.4, -0.2) is 46.3 Å². The third-order valence-corrected chi connectivity index (χ3v) is 3.58. The summed E-state index contributed by atoms with van der Waals surface area (Å²) < 4.78 is 0. The lowest BCUT2D eigenvalue weighted by Gasteiger charge is -2.26. The van der Waals surface area contributed by atoms with Crippen LogP contribution < -0.4 is 5.73 Å². The fraction of sp³-hybridized carbons (Fsp3) is 0.500. The number of hydrogen-bond donors (Lipinski definition) is 3. The van der Waals surface area contributed by atoms with Crippen molar-refractivity contribution in [3.8, 4) is 5.75 Å². The molecule has 19 heavy (non-hydrogen) atoms. The molecule has 0 unspecified atom stereocenters. The van der Waals surface area contributed by atoms with Gasteiger partial charge in [0.25, 0.3) is 0 Å². The fourth-order valence-corrected chi connectivity index (χ4v) is 2.50. The molecule has 1 aliphatic heterocycles. The second kappa shape index (κ2) is 6.04. The molecule has 0 radical (unpaired) electrons. The number of benzene rings is 1. The Hall–Kier alpha value is -1.59. The summed E-state index contributed by atoms with van der Waals surface area (Å²) in [6.45, 7) is 0.672. The Kier molecular flexibility index (Phi) is 4.39. The second-order valence-electron chi connectivity index (χ2n) is 4.99. The number of hydrogen-bond acceptors (Lipinski definition) is 4. The molecule has 5 nitrogen and oxygen atoms in total. The Morgan fingerprint density at radius 2 is 2.11 bits per heavy atom. The summed E-state index contributed by atoms with van der Waals surface area (Å²) in [4.78, 5) is 13.9. The molecule has 5 heteroatoms. The van der Waals surface area contributed by atoms with Crippen LogP contribution in [-0.2, 0) is 11.2 Å². The monoisotopic (exact) mass is 264 g/mol. The Bertz CT molecular complexity index is 433. The predicted molar refractivity (Wildman–Crippen MR) is 71.6 cm³/mol. The number of amides is 1. The van der Waals surface area contributed by atoms with Gasteiger partial charge in [0, 0.05) is 6.54 Å². The van der Waals surface area contributed by atoms with E-state index >= 15 is 0 Å². The Balaban J connectivity index is 1.97. The molecule has 0 bridgehead atoms. The molecule has 0 saturated carbocycles. The van der Waals surface area contributed by atoms with E-state index in [9.17, 15) is 15.0 Å². The van der Waals surface area contributed by atoms with Gasteiger partial charge in [-0.2, -0.15) is 0 Å². The van der Waals surface area contributed by atoms with Crippen LogP contribution in [0.2, 0.25) is 0 Å². The van der Waals surface area contributed by atoms with E-state index < -0.39 is 6.04 Å². The number of aromatic hydroxyl groups is 1. The van der Waals surface area contributed by atoms with Crippen molar-refractivity contribution in [2.45, 2.75) is 31.3 Å². The molecule has 0 spiro atoms. The van der Waals surface area contributed by atoms with E-state index in [1.165, 1.54) is 0 Å². The molecule has 1 heterocycles. The number of likely N-dealkylation sites (tertiary alicyclic amines) is 1. The molecule has 1 saturated heterocycles. The zero-order valence-electron chi connectivity index (χ0n) is 10.8. The van der Waals surface area contributed by atoms with E-state index in [-0.39, 0.29) is 24.3 Å². The van der Waals surface area contributed by atoms with Gasteiger partial charge in [0.1, 0.15) is 5.75 Å². The predicted octanol–water partition coefficient (Wildman–Crippen LogP) is 0.245. The zero-order valence-corrected chi connectivity index (χ0v) is 10.8. The molecule has 1 aromatic carbocycles. The normalized spacial score (nSPS) is 20.5. The number of carbonyl (C=O) groups is 1. The number of rotatable bonds is 4. The number of nitrogens with zero attached hydrogens (tertiary/aromatic N) is 1. The maximum absolute atomic E-state index is 12.2. The molecule has 0 aliphatic carbocycles. The molecular formula is C14H20N2O3. The smallest absolute Gasteiger partial charge is 0.240 e. The van der Waals surface area contributed by atoms with Gasteiger partial charge in [0.05, 0.1) is 18.7 Å². The highest BCUT2D eigenvalue weighted by atomic mass is 16.3. The number of phenolic OH excluding ortho intramolecular Hbond substituents is 1. The van der Waals surface area contributed by atoms with Gasteiger partial charge in [0.15, 0.2) is 0 Å². The van der Waals surface area contributed by atoms with Gasteiger partial charge in [-0.05, 0) is 37.0 Å². The van der Waals surface area contributed by atoms with Gasteiger partial charge < -0.3 is 20.8 Å². The van der Waals surface area contributed by atoms with Crippen molar-refractivity contribution < 1.29 is 15.0 Å². The van der Waals surface area contributed by atoms with E-state index in [0.717, 1.165) is 18.4 Å². The zero-order chi connectivity index (χ0) is 13.8. The maximum atomic E-state index is 12.2. The molecule has 1 aliphatic rings. The van der Waals surface area contributed by atoms with Crippen molar-refractivity contribution in [1.82, 2.24) is 4.90 Å². The van der Waals surface area contributed by atoms with Crippen LogP contribution in [0.15, 0.2) is 24.3 Å². The van der Waals surface area contributed by atoms with Crippen LogP contribution in [0.1, 0.15) is 18.4 Å². The number of aliphatic hydroxyl groups is 1. The fourth-order valence-electron chi connectivity index (χ4n) is 2.50. The lowest BCUT2D eigenvalue weighted by molar-refractivity contribution is -0.134. The van der Waals surface area contributed by atoms with E-state index in [4.69, 9.17) is 5.73 Å². The summed E-state index contributed by atoms with van der Waals surface area (Å²) in [5, 5.41) is 18.4. The third-order valence-electron chi connectivity index (χ3n) is 3.58. The molecule has 1 fully saturated rings. The van der Waals surface area contributed by atoms with Gasteiger partial charge in [-0.25, -0.2) is 0 Å². The average Bonchev–Trinajstić information content (AvgIpc) is 2.88. The summed E-state index contributed by atoms with van der Waals surface area (Å²) in [5.41, 5.74) is 6.86.